The van der Waals surface area contributed by atoms with Crippen molar-refractivity contribution in [2.45, 2.75) is 20.4 Å². The maximum Gasteiger partial charge on any atom is 0.340 e. The van der Waals surface area contributed by atoms with Gasteiger partial charge >= 0.3 is 5.97 Å². The fourth-order valence-electron chi connectivity index (χ4n) is 2.94. The minimum Gasteiger partial charge on any atom is -0.496 e. The number of fused-ring (bicyclic) bond motifs is 1. The predicted molar refractivity (Wildman–Crippen MR) is 97.7 cm³/mol. The zero-order valence-electron chi connectivity index (χ0n) is 14.8. The first kappa shape index (κ1) is 17.9. The van der Waals surface area contributed by atoms with E-state index in [0.717, 1.165) is 22.6 Å². The quantitative estimate of drug-likeness (QED) is 0.551. The summed E-state index contributed by atoms with van der Waals surface area (Å²) in [6, 6.07) is 0. The summed E-state index contributed by atoms with van der Waals surface area (Å²) in [7, 11) is 2.92. The minimum atomic E-state index is -0.532. The number of aromatic nitrogens is 4. The molecule has 0 aliphatic carbocycles. The highest BCUT2D eigenvalue weighted by Crippen LogP contribution is 2.30. The Labute approximate surface area is 154 Å². The van der Waals surface area contributed by atoms with Crippen molar-refractivity contribution in [3.63, 3.8) is 0 Å². The molecule has 136 valence electrons. The van der Waals surface area contributed by atoms with Gasteiger partial charge in [-0.3, -0.25) is 4.98 Å². The number of hydrogen-bond acceptors (Lipinski definition) is 7. The third kappa shape index (κ3) is 2.92. The van der Waals surface area contributed by atoms with Crippen LogP contribution in [0.1, 0.15) is 27.2 Å². The van der Waals surface area contributed by atoms with Crippen LogP contribution in [0.25, 0.3) is 11.0 Å². The summed E-state index contributed by atoms with van der Waals surface area (Å²) < 4.78 is 12.0. The lowest BCUT2D eigenvalue weighted by molar-refractivity contribution is 0.0602. The molecule has 0 fully saturated rings. The molecule has 0 saturated carbocycles. The molecule has 3 aromatic rings. The number of methoxy groups -OCH3 is 2. The number of carbonyl (C=O) groups excluding carboxylic acids is 1. The molecule has 26 heavy (non-hydrogen) atoms. The van der Waals surface area contributed by atoms with Crippen molar-refractivity contribution in [2.75, 3.05) is 20.0 Å². The first-order valence-electron chi connectivity index (χ1n) is 7.76. The maximum absolute atomic E-state index is 12.1. The second-order valence-electron chi connectivity index (χ2n) is 5.78. The fraction of sp³-hybridized carbons (Fsp3) is 0.294. The molecule has 0 amide bonds. The van der Waals surface area contributed by atoms with Crippen molar-refractivity contribution < 1.29 is 14.3 Å². The molecule has 0 atom stereocenters. The summed E-state index contributed by atoms with van der Waals surface area (Å²) in [5.41, 5.74) is 9.05. The first-order valence-corrected chi connectivity index (χ1v) is 8.14. The van der Waals surface area contributed by atoms with E-state index in [1.807, 2.05) is 13.8 Å². The zero-order valence-corrected chi connectivity index (χ0v) is 15.6. The predicted octanol–water partition coefficient (Wildman–Crippen LogP) is 2.52. The van der Waals surface area contributed by atoms with Crippen molar-refractivity contribution in [3.8, 4) is 5.75 Å². The smallest absolute Gasteiger partial charge is 0.340 e. The summed E-state index contributed by atoms with van der Waals surface area (Å²) in [4.78, 5) is 24.8. The van der Waals surface area contributed by atoms with Crippen LogP contribution < -0.4 is 10.5 Å². The second kappa shape index (κ2) is 6.80. The number of anilines is 1. The maximum atomic E-state index is 12.1. The molecule has 3 heterocycles. The molecule has 0 saturated heterocycles. The highest BCUT2D eigenvalue weighted by molar-refractivity contribution is 6.35. The van der Waals surface area contributed by atoms with Crippen LogP contribution >= 0.6 is 11.6 Å². The van der Waals surface area contributed by atoms with Gasteiger partial charge in [0.15, 0.2) is 0 Å². The van der Waals surface area contributed by atoms with Gasteiger partial charge in [-0.1, -0.05) is 11.6 Å². The number of carbonyl (C=O) groups is 1. The van der Waals surface area contributed by atoms with Gasteiger partial charge in [0.1, 0.15) is 16.5 Å². The van der Waals surface area contributed by atoms with E-state index in [0.29, 0.717) is 17.6 Å². The average Bonchev–Trinajstić information content (AvgIpc) is 2.96. The lowest BCUT2D eigenvalue weighted by Crippen LogP contribution is -2.07. The zero-order chi connectivity index (χ0) is 19.0. The normalized spacial score (nSPS) is 11.0. The van der Waals surface area contributed by atoms with E-state index < -0.39 is 5.97 Å². The van der Waals surface area contributed by atoms with Gasteiger partial charge in [0, 0.05) is 23.5 Å². The van der Waals surface area contributed by atoms with Gasteiger partial charge in [-0.05, 0) is 13.8 Å². The van der Waals surface area contributed by atoms with E-state index in [4.69, 9.17) is 26.8 Å². The van der Waals surface area contributed by atoms with Crippen LogP contribution in [-0.4, -0.2) is 39.7 Å². The molecular formula is C17H18ClN5O3. The van der Waals surface area contributed by atoms with Crippen molar-refractivity contribution in [3.05, 3.63) is 39.9 Å². The van der Waals surface area contributed by atoms with E-state index in [1.54, 1.807) is 24.1 Å². The summed E-state index contributed by atoms with van der Waals surface area (Å²) in [5.74, 6) is 0.256. The Bertz CT molecular complexity index is 1020. The molecule has 9 heteroatoms. The topological polar surface area (TPSA) is 105 Å². The van der Waals surface area contributed by atoms with Crippen molar-refractivity contribution in [1.82, 2.24) is 19.5 Å². The molecule has 0 aliphatic rings. The molecule has 2 N–H and O–H groups in total. The molecule has 0 spiro atoms. The summed E-state index contributed by atoms with van der Waals surface area (Å²) in [6.07, 6.45) is 3.36. The van der Waals surface area contributed by atoms with E-state index in [9.17, 15) is 4.79 Å². The van der Waals surface area contributed by atoms with Crippen LogP contribution in [0.2, 0.25) is 5.15 Å². The Balaban J connectivity index is 2.19. The van der Waals surface area contributed by atoms with Gasteiger partial charge in [0.25, 0.3) is 0 Å². The summed E-state index contributed by atoms with van der Waals surface area (Å²) in [5, 5.41) is 0.488. The summed E-state index contributed by atoms with van der Waals surface area (Å²) in [6.45, 7) is 4.21. The SMILES string of the molecule is COC(=O)c1cn(Cc2ncc(C)c(OC)c2C)c2nc(N)nc(Cl)c12. The molecule has 3 aromatic heterocycles. The molecule has 0 unspecified atom stereocenters. The Kier molecular flexibility index (Phi) is 4.69. The van der Waals surface area contributed by atoms with Crippen molar-refractivity contribution in [1.29, 1.82) is 0 Å². The van der Waals surface area contributed by atoms with Crippen molar-refractivity contribution >= 4 is 34.6 Å². The third-order valence-electron chi connectivity index (χ3n) is 4.16. The highest BCUT2D eigenvalue weighted by atomic mass is 35.5. The Morgan fingerprint density at radius 3 is 2.69 bits per heavy atom. The number of rotatable bonds is 4. The number of nitrogens with two attached hydrogens (primary N) is 1. The number of halogens is 1. The van der Waals surface area contributed by atoms with Gasteiger partial charge in [-0.15, -0.1) is 0 Å². The standard InChI is InChI=1S/C17H18ClN5O3/c1-8-5-20-11(9(2)13(8)25-3)7-23-6-10(16(24)26-4)12-14(18)21-17(19)22-15(12)23/h5-6H,7H2,1-4H3,(H2,19,21,22). The molecule has 0 bridgehead atoms. The van der Waals surface area contributed by atoms with Gasteiger partial charge in [0.05, 0.1) is 37.4 Å². The molecule has 8 nitrogen and oxygen atoms in total. The molecule has 3 rings (SSSR count). The number of ether oxygens (including phenoxy) is 2. The van der Waals surface area contributed by atoms with Crippen LogP contribution in [0.5, 0.6) is 5.75 Å². The molecule has 0 aliphatic heterocycles. The number of nitrogens with zero attached hydrogens (tertiary/aromatic N) is 4. The number of pyridine rings is 1. The lowest BCUT2D eigenvalue weighted by atomic mass is 10.1. The largest absolute Gasteiger partial charge is 0.496 e. The van der Waals surface area contributed by atoms with Crippen LogP contribution in [0.4, 0.5) is 5.95 Å². The van der Waals surface area contributed by atoms with Crippen LogP contribution in [0.15, 0.2) is 12.4 Å². The number of nitrogen functional groups attached to an aromatic ring is 1. The number of esters is 1. The van der Waals surface area contributed by atoms with E-state index in [2.05, 4.69) is 15.0 Å². The Morgan fingerprint density at radius 2 is 2.04 bits per heavy atom. The van der Waals surface area contributed by atoms with Crippen molar-refractivity contribution in [2.24, 2.45) is 0 Å². The Hall–Kier alpha value is -2.87. The monoisotopic (exact) mass is 375 g/mol. The van der Waals surface area contributed by atoms with Gasteiger partial charge in [0.2, 0.25) is 5.95 Å². The molecule has 0 aromatic carbocycles. The first-order chi connectivity index (χ1) is 12.4. The van der Waals surface area contributed by atoms with E-state index >= 15 is 0 Å². The fourth-order valence-corrected chi connectivity index (χ4v) is 3.21. The second-order valence-corrected chi connectivity index (χ2v) is 6.14. The van der Waals surface area contributed by atoms with Crippen LogP contribution in [0.3, 0.4) is 0 Å². The number of aryl methyl sites for hydroxylation is 1. The van der Waals surface area contributed by atoms with Gasteiger partial charge < -0.3 is 19.8 Å². The van der Waals surface area contributed by atoms with Crippen LogP contribution in [-0.2, 0) is 11.3 Å². The van der Waals surface area contributed by atoms with E-state index in [1.165, 1.54) is 7.11 Å². The highest BCUT2D eigenvalue weighted by Gasteiger charge is 2.22. The Morgan fingerprint density at radius 1 is 1.31 bits per heavy atom. The number of hydrogen-bond donors (Lipinski definition) is 1. The molecular weight excluding hydrogens is 358 g/mol. The van der Waals surface area contributed by atoms with Gasteiger partial charge in [-0.2, -0.15) is 4.98 Å². The van der Waals surface area contributed by atoms with Crippen LogP contribution in [0, 0.1) is 13.8 Å². The molecule has 0 radical (unpaired) electrons. The van der Waals surface area contributed by atoms with E-state index in [-0.39, 0.29) is 16.7 Å². The van der Waals surface area contributed by atoms with Gasteiger partial charge in [-0.25, -0.2) is 9.78 Å². The third-order valence-corrected chi connectivity index (χ3v) is 4.44. The average molecular weight is 376 g/mol. The summed E-state index contributed by atoms with van der Waals surface area (Å²) >= 11 is 6.20. The minimum absolute atomic E-state index is 0.0180. The lowest BCUT2D eigenvalue weighted by Gasteiger charge is -2.13.